The summed E-state index contributed by atoms with van der Waals surface area (Å²) in [4.78, 5) is 24.2. The fraction of sp³-hybridized carbons (Fsp3) is 0.222. The van der Waals surface area contributed by atoms with Gasteiger partial charge in [0.15, 0.2) is 12.2 Å². The Morgan fingerprint density at radius 3 is 2.32 bits per heavy atom. The fourth-order valence-electron chi connectivity index (χ4n) is 1.90. The summed E-state index contributed by atoms with van der Waals surface area (Å²) in [5.74, 6) is -0.616. The Morgan fingerprint density at radius 2 is 1.68 bits per heavy atom. The van der Waals surface area contributed by atoms with Crippen LogP contribution in [0.5, 0.6) is 5.75 Å². The van der Waals surface area contributed by atoms with Gasteiger partial charge < -0.3 is 14.8 Å². The first-order chi connectivity index (χ1) is 11.9. The maximum atomic E-state index is 12.1. The van der Waals surface area contributed by atoms with E-state index in [2.05, 4.69) is 5.32 Å². The molecule has 0 aromatic heterocycles. The topological polar surface area (TPSA) is 64.6 Å². The van der Waals surface area contributed by atoms with E-state index in [0.29, 0.717) is 21.5 Å². The number of carbonyl (C=O) groups excluding carboxylic acids is 2. The number of nitrogens with one attached hydrogen (secondary N) is 1. The van der Waals surface area contributed by atoms with E-state index in [4.69, 9.17) is 32.7 Å². The zero-order valence-corrected chi connectivity index (χ0v) is 15.2. The molecule has 2 aromatic carbocycles. The second-order valence-electron chi connectivity index (χ2n) is 5.27. The molecule has 0 aliphatic rings. The van der Waals surface area contributed by atoms with Gasteiger partial charge in [-0.25, -0.2) is 4.79 Å². The lowest BCUT2D eigenvalue weighted by molar-refractivity contribution is -0.159. The molecule has 0 heterocycles. The molecule has 2 rings (SSSR count). The van der Waals surface area contributed by atoms with Crippen LogP contribution in [0.4, 0.5) is 5.69 Å². The molecule has 1 amide bonds. The number of halogens is 2. The van der Waals surface area contributed by atoms with Gasteiger partial charge in [-0.15, -0.1) is 0 Å². The zero-order valence-electron chi connectivity index (χ0n) is 13.7. The van der Waals surface area contributed by atoms with Gasteiger partial charge in [0, 0.05) is 5.02 Å². The minimum Gasteiger partial charge on any atom is -0.479 e. The molecule has 0 fully saturated rings. The highest BCUT2D eigenvalue weighted by atomic mass is 35.5. The second-order valence-corrected chi connectivity index (χ2v) is 6.11. The van der Waals surface area contributed by atoms with Crippen molar-refractivity contribution < 1.29 is 19.1 Å². The standard InChI is InChI=1S/C18H17Cl2NO4/c1-11(17(22)21-16-9-8-13(19)10-15(16)20)25-18(23)12(2)24-14-6-4-3-5-7-14/h3-12H,1-2H3,(H,21,22)/t11-,12+/m1/s1. The molecule has 2 atom stereocenters. The average molecular weight is 382 g/mol. The van der Waals surface area contributed by atoms with Crippen molar-refractivity contribution in [3.63, 3.8) is 0 Å². The molecular weight excluding hydrogens is 365 g/mol. The molecule has 0 spiro atoms. The largest absolute Gasteiger partial charge is 0.479 e. The van der Waals surface area contributed by atoms with E-state index in [-0.39, 0.29) is 0 Å². The summed E-state index contributed by atoms with van der Waals surface area (Å²) in [6.45, 7) is 3.02. The van der Waals surface area contributed by atoms with Crippen LogP contribution < -0.4 is 10.1 Å². The van der Waals surface area contributed by atoms with Crippen LogP contribution >= 0.6 is 23.2 Å². The molecule has 5 nitrogen and oxygen atoms in total. The number of anilines is 1. The number of para-hydroxylation sites is 1. The lowest BCUT2D eigenvalue weighted by Crippen LogP contribution is -2.35. The van der Waals surface area contributed by atoms with Crippen LogP contribution in [-0.4, -0.2) is 24.1 Å². The fourth-order valence-corrected chi connectivity index (χ4v) is 2.36. The normalized spacial score (nSPS) is 12.8. The number of benzene rings is 2. The van der Waals surface area contributed by atoms with Crippen LogP contribution in [0.3, 0.4) is 0 Å². The number of hydrogen-bond donors (Lipinski definition) is 1. The van der Waals surface area contributed by atoms with Gasteiger partial charge in [-0.3, -0.25) is 4.79 Å². The predicted octanol–water partition coefficient (Wildman–Crippen LogP) is 4.33. The van der Waals surface area contributed by atoms with Crippen molar-refractivity contribution in [2.45, 2.75) is 26.1 Å². The summed E-state index contributed by atoms with van der Waals surface area (Å²) < 4.78 is 10.6. The first-order valence-electron chi connectivity index (χ1n) is 7.55. The Balaban J connectivity index is 1.90. The van der Waals surface area contributed by atoms with E-state index in [1.165, 1.54) is 13.0 Å². The molecule has 0 saturated heterocycles. The Labute approximate surface area is 155 Å². The molecule has 132 valence electrons. The summed E-state index contributed by atoms with van der Waals surface area (Å²) in [5, 5.41) is 3.33. The summed E-state index contributed by atoms with van der Waals surface area (Å²) in [6, 6.07) is 13.5. The lowest BCUT2D eigenvalue weighted by Gasteiger charge is -2.18. The predicted molar refractivity (Wildman–Crippen MR) is 97.2 cm³/mol. The summed E-state index contributed by atoms with van der Waals surface area (Å²) in [5.41, 5.74) is 0.382. The third-order valence-electron chi connectivity index (χ3n) is 3.24. The van der Waals surface area contributed by atoms with E-state index in [0.717, 1.165) is 0 Å². The first-order valence-corrected chi connectivity index (χ1v) is 8.30. The maximum absolute atomic E-state index is 12.1. The molecule has 0 unspecified atom stereocenters. The number of rotatable bonds is 6. The van der Waals surface area contributed by atoms with Gasteiger partial charge in [0.2, 0.25) is 0 Å². The number of hydrogen-bond acceptors (Lipinski definition) is 4. The van der Waals surface area contributed by atoms with Gasteiger partial charge in [-0.1, -0.05) is 41.4 Å². The van der Waals surface area contributed by atoms with Crippen molar-refractivity contribution in [3.05, 3.63) is 58.6 Å². The van der Waals surface area contributed by atoms with Crippen molar-refractivity contribution >= 4 is 40.8 Å². The third-order valence-corrected chi connectivity index (χ3v) is 3.79. The van der Waals surface area contributed by atoms with E-state index >= 15 is 0 Å². The monoisotopic (exact) mass is 381 g/mol. The van der Waals surface area contributed by atoms with Crippen LogP contribution in [0.25, 0.3) is 0 Å². The van der Waals surface area contributed by atoms with Crippen LogP contribution in [0.15, 0.2) is 48.5 Å². The number of carbonyl (C=O) groups is 2. The second kappa shape index (κ2) is 8.74. The van der Waals surface area contributed by atoms with Crippen LogP contribution in [-0.2, 0) is 14.3 Å². The molecule has 0 radical (unpaired) electrons. The zero-order chi connectivity index (χ0) is 18.4. The highest BCUT2D eigenvalue weighted by Gasteiger charge is 2.23. The van der Waals surface area contributed by atoms with Gasteiger partial charge in [-0.2, -0.15) is 0 Å². The lowest BCUT2D eigenvalue weighted by atomic mass is 10.3. The van der Waals surface area contributed by atoms with Gasteiger partial charge >= 0.3 is 5.97 Å². The molecule has 25 heavy (non-hydrogen) atoms. The highest BCUT2D eigenvalue weighted by Crippen LogP contribution is 2.25. The van der Waals surface area contributed by atoms with E-state index < -0.39 is 24.1 Å². The molecule has 0 aliphatic heterocycles. The van der Waals surface area contributed by atoms with Gasteiger partial charge in [0.1, 0.15) is 5.75 Å². The molecular formula is C18H17Cl2NO4. The highest BCUT2D eigenvalue weighted by molar-refractivity contribution is 6.36. The van der Waals surface area contributed by atoms with Crippen molar-refractivity contribution in [2.24, 2.45) is 0 Å². The Hall–Kier alpha value is -2.24. The Kier molecular flexibility index (Phi) is 6.67. The average Bonchev–Trinajstić information content (AvgIpc) is 2.58. The number of amides is 1. The first kappa shape index (κ1) is 19.1. The van der Waals surface area contributed by atoms with E-state index in [1.807, 2.05) is 6.07 Å². The summed E-state index contributed by atoms with van der Waals surface area (Å²) in [6.07, 6.45) is -1.86. The van der Waals surface area contributed by atoms with Crippen molar-refractivity contribution in [2.75, 3.05) is 5.32 Å². The Morgan fingerprint density at radius 1 is 1.00 bits per heavy atom. The van der Waals surface area contributed by atoms with Crippen molar-refractivity contribution in [1.29, 1.82) is 0 Å². The van der Waals surface area contributed by atoms with Gasteiger partial charge in [0.25, 0.3) is 5.91 Å². The van der Waals surface area contributed by atoms with Crippen molar-refractivity contribution in [3.8, 4) is 5.75 Å². The SMILES string of the molecule is C[C@H](Oc1ccccc1)C(=O)O[C@H](C)C(=O)Nc1ccc(Cl)cc1Cl. The molecule has 0 aliphatic carbocycles. The van der Waals surface area contributed by atoms with Crippen molar-refractivity contribution in [1.82, 2.24) is 0 Å². The molecule has 0 bridgehead atoms. The minimum atomic E-state index is -1.01. The van der Waals surface area contributed by atoms with Crippen LogP contribution in [0.2, 0.25) is 10.0 Å². The summed E-state index contributed by atoms with van der Waals surface area (Å²) in [7, 11) is 0. The molecule has 1 N–H and O–H groups in total. The smallest absolute Gasteiger partial charge is 0.347 e. The van der Waals surface area contributed by atoms with E-state index in [9.17, 15) is 9.59 Å². The maximum Gasteiger partial charge on any atom is 0.347 e. The van der Waals surface area contributed by atoms with E-state index in [1.54, 1.807) is 43.3 Å². The van der Waals surface area contributed by atoms with Crippen LogP contribution in [0.1, 0.15) is 13.8 Å². The summed E-state index contributed by atoms with van der Waals surface area (Å²) >= 11 is 11.8. The van der Waals surface area contributed by atoms with Gasteiger partial charge in [-0.05, 0) is 44.2 Å². The third kappa shape index (κ3) is 5.66. The molecule has 2 aromatic rings. The van der Waals surface area contributed by atoms with Gasteiger partial charge in [0.05, 0.1) is 10.7 Å². The number of esters is 1. The Bertz CT molecular complexity index is 752. The molecule has 7 heteroatoms. The quantitative estimate of drug-likeness (QED) is 0.756. The number of ether oxygens (including phenoxy) is 2. The minimum absolute atomic E-state index is 0.292. The van der Waals surface area contributed by atoms with Crippen LogP contribution in [0, 0.1) is 0 Å². The molecule has 0 saturated carbocycles.